The van der Waals surface area contributed by atoms with Crippen molar-refractivity contribution >= 4 is 15.8 Å². The van der Waals surface area contributed by atoms with Crippen molar-refractivity contribution in [2.24, 2.45) is 0 Å². The van der Waals surface area contributed by atoms with E-state index in [0.29, 0.717) is 18.7 Å². The zero-order chi connectivity index (χ0) is 22.0. The molecule has 0 spiro atoms. The predicted molar refractivity (Wildman–Crippen MR) is 120 cm³/mol. The fraction of sp³-hybridized carbons (Fsp3) is 0.250. The molecule has 0 saturated carbocycles. The van der Waals surface area contributed by atoms with E-state index < -0.39 is 15.6 Å². The van der Waals surface area contributed by atoms with E-state index in [1.165, 1.54) is 27.2 Å². The van der Waals surface area contributed by atoms with Crippen LogP contribution >= 0.6 is 0 Å². The summed E-state index contributed by atoms with van der Waals surface area (Å²) in [4.78, 5) is 25.1. The Balaban J connectivity index is 1.56. The number of pyridine rings is 1. The summed E-state index contributed by atoms with van der Waals surface area (Å²) in [7, 11) is -3.66. The first-order chi connectivity index (χ1) is 14.9. The first-order valence-electron chi connectivity index (χ1n) is 10.3. The second kappa shape index (κ2) is 8.61. The lowest BCUT2D eigenvalue weighted by Crippen LogP contribution is -2.30. The topological polar surface area (TPSA) is 76.5 Å². The fourth-order valence-electron chi connectivity index (χ4n) is 3.84. The van der Waals surface area contributed by atoms with Crippen LogP contribution in [0, 0.1) is 6.92 Å². The van der Waals surface area contributed by atoms with Gasteiger partial charge in [-0.05, 0) is 42.5 Å². The summed E-state index contributed by atoms with van der Waals surface area (Å²) < 4.78 is 28.1. The Labute approximate surface area is 181 Å². The molecule has 0 N–H and O–H groups in total. The lowest BCUT2D eigenvalue weighted by Gasteiger charge is -2.16. The molecule has 1 saturated heterocycles. The molecule has 2 heterocycles. The summed E-state index contributed by atoms with van der Waals surface area (Å²) in [6, 6.07) is 17.8. The molecular weight excluding hydrogens is 412 g/mol. The quantitative estimate of drug-likeness (QED) is 0.554. The van der Waals surface area contributed by atoms with Gasteiger partial charge in [-0.15, -0.1) is 0 Å². The molecule has 0 radical (unpaired) electrons. The van der Waals surface area contributed by atoms with Gasteiger partial charge in [0.15, 0.2) is 5.78 Å². The van der Waals surface area contributed by atoms with E-state index in [1.54, 1.807) is 12.1 Å². The Hall–Kier alpha value is -3.03. The van der Waals surface area contributed by atoms with Gasteiger partial charge in [0.1, 0.15) is 0 Å². The van der Waals surface area contributed by atoms with Crippen LogP contribution in [0.5, 0.6) is 0 Å². The van der Waals surface area contributed by atoms with Gasteiger partial charge in [-0.25, -0.2) is 8.42 Å². The first kappa shape index (κ1) is 21.2. The van der Waals surface area contributed by atoms with E-state index in [4.69, 9.17) is 0 Å². The predicted octanol–water partition coefficient (Wildman–Crippen LogP) is 3.49. The number of nitrogens with zero attached hydrogens (tertiary/aromatic N) is 2. The molecule has 160 valence electrons. The van der Waals surface area contributed by atoms with Crippen LogP contribution in [0.2, 0.25) is 0 Å². The Morgan fingerprint density at radius 2 is 1.61 bits per heavy atom. The average molecular weight is 437 g/mol. The van der Waals surface area contributed by atoms with Gasteiger partial charge in [-0.1, -0.05) is 48.5 Å². The Morgan fingerprint density at radius 3 is 2.29 bits per heavy atom. The molecule has 0 atom stereocenters. The molecule has 1 aromatic heterocycles. The van der Waals surface area contributed by atoms with Crippen molar-refractivity contribution in [3.05, 3.63) is 88.3 Å². The van der Waals surface area contributed by atoms with Crippen LogP contribution in [-0.4, -0.2) is 36.2 Å². The van der Waals surface area contributed by atoms with Crippen LogP contribution in [0.1, 0.15) is 28.8 Å². The van der Waals surface area contributed by atoms with Crippen molar-refractivity contribution in [2.75, 3.05) is 13.1 Å². The molecule has 0 unspecified atom stereocenters. The molecule has 1 fully saturated rings. The van der Waals surface area contributed by atoms with Gasteiger partial charge < -0.3 is 4.57 Å². The monoisotopic (exact) mass is 436 g/mol. The summed E-state index contributed by atoms with van der Waals surface area (Å²) >= 11 is 0. The van der Waals surface area contributed by atoms with Crippen LogP contribution in [-0.2, 0) is 16.6 Å². The SMILES string of the molecule is Cc1ccccc1-c1ccc(C(=O)Cn2cc(S(=O)(=O)N3CCCC3)ccc2=O)cc1. The maximum Gasteiger partial charge on any atom is 0.251 e. The second-order valence-electron chi connectivity index (χ2n) is 7.76. The van der Waals surface area contributed by atoms with Crippen molar-refractivity contribution in [3.8, 4) is 11.1 Å². The standard InChI is InChI=1S/C24H24N2O4S/c1-18-6-2-3-7-22(18)19-8-10-20(11-9-19)23(27)17-25-16-21(12-13-24(25)28)31(29,30)26-14-4-5-15-26/h2-3,6-13,16H,4-5,14-15,17H2,1H3. The lowest BCUT2D eigenvalue weighted by molar-refractivity contribution is 0.0970. The van der Waals surface area contributed by atoms with E-state index in [1.807, 2.05) is 43.3 Å². The van der Waals surface area contributed by atoms with Crippen LogP contribution in [0.15, 0.2) is 76.6 Å². The van der Waals surface area contributed by atoms with Crippen molar-refractivity contribution < 1.29 is 13.2 Å². The van der Waals surface area contributed by atoms with E-state index in [9.17, 15) is 18.0 Å². The molecule has 4 rings (SSSR count). The van der Waals surface area contributed by atoms with Crippen LogP contribution < -0.4 is 5.56 Å². The number of carbonyl (C=O) groups is 1. The maximum absolute atomic E-state index is 12.8. The molecule has 0 bridgehead atoms. The van der Waals surface area contributed by atoms with Crippen LogP contribution in [0.3, 0.4) is 0 Å². The van der Waals surface area contributed by atoms with Crippen LogP contribution in [0.25, 0.3) is 11.1 Å². The van der Waals surface area contributed by atoms with E-state index in [0.717, 1.165) is 29.5 Å². The molecule has 3 aromatic rings. The third-order valence-electron chi connectivity index (χ3n) is 5.64. The summed E-state index contributed by atoms with van der Waals surface area (Å²) in [6.45, 7) is 2.77. The smallest absolute Gasteiger partial charge is 0.251 e. The van der Waals surface area contributed by atoms with Gasteiger partial charge in [0, 0.05) is 30.9 Å². The Kier molecular flexibility index (Phi) is 5.89. The number of aryl methyl sites for hydroxylation is 1. The van der Waals surface area contributed by atoms with E-state index in [2.05, 4.69) is 0 Å². The summed E-state index contributed by atoms with van der Waals surface area (Å²) in [6.07, 6.45) is 2.93. The molecule has 7 heteroatoms. The summed E-state index contributed by atoms with van der Waals surface area (Å²) in [5.74, 6) is -0.255. The third-order valence-corrected chi connectivity index (χ3v) is 7.52. The molecule has 0 amide bonds. The number of benzene rings is 2. The Morgan fingerprint density at radius 1 is 0.935 bits per heavy atom. The van der Waals surface area contributed by atoms with Crippen molar-refractivity contribution in [1.29, 1.82) is 0 Å². The molecule has 6 nitrogen and oxygen atoms in total. The summed E-state index contributed by atoms with van der Waals surface area (Å²) in [5.41, 5.74) is 3.30. The van der Waals surface area contributed by atoms with Crippen LogP contribution in [0.4, 0.5) is 0 Å². The highest BCUT2D eigenvalue weighted by Gasteiger charge is 2.27. The normalized spacial score (nSPS) is 14.6. The molecule has 1 aliphatic heterocycles. The highest BCUT2D eigenvalue weighted by molar-refractivity contribution is 7.89. The third kappa shape index (κ3) is 4.38. The van der Waals surface area contributed by atoms with Gasteiger partial charge in [0.2, 0.25) is 10.0 Å². The zero-order valence-corrected chi connectivity index (χ0v) is 18.1. The Bertz CT molecular complexity index is 1270. The minimum absolute atomic E-state index is 0.0386. The highest BCUT2D eigenvalue weighted by Crippen LogP contribution is 2.24. The number of ketones is 1. The van der Waals surface area contributed by atoms with Gasteiger partial charge in [-0.3, -0.25) is 9.59 Å². The van der Waals surface area contributed by atoms with Crippen molar-refractivity contribution in [3.63, 3.8) is 0 Å². The molecule has 31 heavy (non-hydrogen) atoms. The largest absolute Gasteiger partial charge is 0.306 e. The zero-order valence-electron chi connectivity index (χ0n) is 17.3. The van der Waals surface area contributed by atoms with Gasteiger partial charge in [0.25, 0.3) is 5.56 Å². The van der Waals surface area contributed by atoms with E-state index >= 15 is 0 Å². The van der Waals surface area contributed by atoms with Gasteiger partial charge in [-0.2, -0.15) is 4.31 Å². The molecule has 1 aliphatic rings. The first-order valence-corrected chi connectivity index (χ1v) is 11.7. The average Bonchev–Trinajstić information content (AvgIpc) is 3.31. The molecular formula is C24H24N2O4S. The van der Waals surface area contributed by atoms with Crippen molar-refractivity contribution in [1.82, 2.24) is 8.87 Å². The van der Waals surface area contributed by atoms with Gasteiger partial charge in [0.05, 0.1) is 11.4 Å². The minimum Gasteiger partial charge on any atom is -0.306 e. The van der Waals surface area contributed by atoms with E-state index in [-0.39, 0.29) is 17.2 Å². The second-order valence-corrected chi connectivity index (χ2v) is 9.70. The number of carbonyl (C=O) groups excluding carboxylic acids is 1. The number of hydrogen-bond donors (Lipinski definition) is 0. The summed E-state index contributed by atoms with van der Waals surface area (Å²) in [5, 5.41) is 0. The van der Waals surface area contributed by atoms with Crippen molar-refractivity contribution in [2.45, 2.75) is 31.2 Å². The fourth-order valence-corrected chi connectivity index (χ4v) is 5.38. The molecule has 2 aromatic carbocycles. The highest BCUT2D eigenvalue weighted by atomic mass is 32.2. The van der Waals surface area contributed by atoms with Gasteiger partial charge >= 0.3 is 0 Å². The lowest BCUT2D eigenvalue weighted by atomic mass is 9.99. The minimum atomic E-state index is -3.66. The number of aromatic nitrogens is 1. The molecule has 0 aliphatic carbocycles. The number of rotatable bonds is 6. The number of Topliss-reactive ketones (excluding diaryl/α,β-unsaturated/α-hetero) is 1. The number of sulfonamides is 1. The number of hydrogen-bond acceptors (Lipinski definition) is 4. The maximum atomic E-state index is 12.8.